The molecule has 0 saturated carbocycles. The fourth-order valence-corrected chi connectivity index (χ4v) is 12.3. The molecule has 0 bridgehead atoms. The van der Waals surface area contributed by atoms with Crippen LogP contribution >= 0.6 is 90.4 Å². The fraction of sp³-hybridized carbons (Fsp3) is 0.410. The minimum atomic E-state index is -0.725. The molecule has 2 aromatic rings. The van der Waals surface area contributed by atoms with Crippen LogP contribution in [0.15, 0.2) is 72.5 Å². The van der Waals surface area contributed by atoms with Crippen LogP contribution in [0.5, 0.6) is 0 Å². The zero-order chi connectivity index (χ0) is 35.9. The average molecular weight is 1240 g/mol. The van der Waals surface area contributed by atoms with Gasteiger partial charge in [0.15, 0.2) is 5.71 Å². The van der Waals surface area contributed by atoms with Gasteiger partial charge in [0.05, 0.1) is 11.0 Å². The molecule has 11 heteroatoms. The average Bonchev–Trinajstić information content (AvgIpc) is 3.35. The molecular weight excluding hydrogens is 1190 g/mol. The van der Waals surface area contributed by atoms with E-state index < -0.39 is 11.9 Å². The molecular formula is C39H45I5N2O4. The first kappa shape index (κ1) is 43.9. The lowest BCUT2D eigenvalue weighted by Crippen LogP contribution is -3.00. The number of halogens is 5. The highest BCUT2D eigenvalue weighted by molar-refractivity contribution is 14.1. The summed E-state index contributed by atoms with van der Waals surface area (Å²) in [4.78, 5) is 24.4. The van der Waals surface area contributed by atoms with E-state index >= 15 is 0 Å². The number of hydrogen-bond acceptors (Lipinski definition) is 3. The molecule has 50 heavy (non-hydrogen) atoms. The maximum absolute atomic E-state index is 11.0. The number of rotatable bonds is 16. The number of hydrogen-bond donors (Lipinski definition) is 2. The van der Waals surface area contributed by atoms with E-state index in [4.69, 9.17) is 10.2 Å². The largest absolute Gasteiger partial charge is 1.00 e. The van der Waals surface area contributed by atoms with Gasteiger partial charge in [0.2, 0.25) is 5.69 Å². The minimum absolute atomic E-state index is 0. The summed E-state index contributed by atoms with van der Waals surface area (Å²) in [5.41, 5.74) is 7.41. The van der Waals surface area contributed by atoms with Gasteiger partial charge in [0, 0.05) is 68.7 Å². The number of likely N-dealkylation sites (N-methyl/N-ethyl adjacent to an activating group) is 1. The molecule has 0 aliphatic carbocycles. The summed E-state index contributed by atoms with van der Waals surface area (Å²) in [6, 6.07) is 9.01. The number of carboxylic acid groups (broad SMARTS) is 2. The topological polar surface area (TPSA) is 80.8 Å². The Hall–Kier alpha value is -0.540. The summed E-state index contributed by atoms with van der Waals surface area (Å²) >= 11 is 9.72. The Bertz CT molecular complexity index is 1750. The third-order valence-corrected chi connectivity index (χ3v) is 12.8. The van der Waals surface area contributed by atoms with Crippen LogP contribution in [0.2, 0.25) is 0 Å². The first-order valence-electron chi connectivity index (χ1n) is 16.7. The summed E-state index contributed by atoms with van der Waals surface area (Å²) in [7, 11) is 4.30. The molecule has 0 aromatic heterocycles. The zero-order valence-electron chi connectivity index (χ0n) is 28.9. The van der Waals surface area contributed by atoms with Gasteiger partial charge in [0.1, 0.15) is 7.05 Å². The van der Waals surface area contributed by atoms with E-state index in [1.165, 1.54) is 48.2 Å². The summed E-state index contributed by atoms with van der Waals surface area (Å²) < 4.78 is 7.29. The van der Waals surface area contributed by atoms with Gasteiger partial charge < -0.3 is 39.1 Å². The molecule has 2 N–H and O–H groups in total. The Morgan fingerprint density at radius 3 is 1.86 bits per heavy atom. The zero-order valence-corrected chi connectivity index (χ0v) is 39.7. The first-order valence-corrected chi connectivity index (χ1v) is 21.0. The van der Waals surface area contributed by atoms with E-state index in [2.05, 4.69) is 195 Å². The molecule has 0 radical (unpaired) electrons. The number of nitrogens with zero attached hydrogens (tertiary/aromatic N) is 2. The normalized spacial score (nSPS) is 20.8. The molecule has 4 rings (SSSR count). The minimum Gasteiger partial charge on any atom is -1.00 e. The second-order valence-corrected chi connectivity index (χ2v) is 18.1. The van der Waals surface area contributed by atoms with E-state index in [0.717, 1.165) is 38.5 Å². The van der Waals surface area contributed by atoms with E-state index in [1.807, 2.05) is 0 Å². The third kappa shape index (κ3) is 10.4. The summed E-state index contributed by atoms with van der Waals surface area (Å²) in [5, 5.41) is 18.1. The molecule has 270 valence electrons. The second-order valence-electron chi connectivity index (χ2n) is 13.3. The van der Waals surface area contributed by atoms with Crippen LogP contribution in [-0.4, -0.2) is 46.5 Å². The highest BCUT2D eigenvalue weighted by Gasteiger charge is 2.47. The number of allylic oxidation sites excluding steroid dienone is 8. The van der Waals surface area contributed by atoms with E-state index in [-0.39, 0.29) is 47.6 Å². The van der Waals surface area contributed by atoms with Crippen molar-refractivity contribution in [2.75, 3.05) is 19.0 Å². The Balaban J connectivity index is 0.00000676. The molecule has 2 unspecified atom stereocenters. The molecule has 2 atom stereocenters. The fourth-order valence-electron chi connectivity index (χ4n) is 7.44. The molecule has 0 amide bonds. The standard InChI is InChI=1S/C39H44I4N2O4.HI/c1-38(20-14-8-12-18-34(46)47)32(44(3)30-24-26(40)22-28(42)36(30)38)16-10-6-5-7-11-17-33-39(2,21-15-9-13-19-35(48)49)37-29(43)23-27(41)25-31(37)45(33)4;/h5-7,10-11,16-17,22-25H,8-9,12-15,18-21H2,1-4H3,(H-,46,47,48,49);1H. The maximum atomic E-state index is 11.0. The van der Waals surface area contributed by atoms with Crippen molar-refractivity contribution in [2.24, 2.45) is 0 Å². The number of unbranched alkanes of at least 4 members (excludes halogenated alkanes) is 4. The molecule has 6 nitrogen and oxygen atoms in total. The van der Waals surface area contributed by atoms with Crippen molar-refractivity contribution < 1.29 is 48.4 Å². The van der Waals surface area contributed by atoms with Crippen molar-refractivity contribution >= 4 is 119 Å². The number of aliphatic carboxylic acids is 2. The van der Waals surface area contributed by atoms with Crippen molar-refractivity contribution in [3.8, 4) is 0 Å². The van der Waals surface area contributed by atoms with E-state index in [9.17, 15) is 9.59 Å². The molecule has 0 spiro atoms. The van der Waals surface area contributed by atoms with Gasteiger partial charge in [-0.3, -0.25) is 9.59 Å². The van der Waals surface area contributed by atoms with Crippen LogP contribution in [0, 0.1) is 14.3 Å². The summed E-state index contributed by atoms with van der Waals surface area (Å²) in [6.45, 7) is 4.66. The van der Waals surface area contributed by atoms with Gasteiger partial charge in [-0.25, -0.2) is 0 Å². The molecule has 2 aromatic carbocycles. The van der Waals surface area contributed by atoms with E-state index in [1.54, 1.807) is 0 Å². The van der Waals surface area contributed by atoms with Gasteiger partial charge in [-0.15, -0.1) is 0 Å². The predicted molar refractivity (Wildman–Crippen MR) is 235 cm³/mol. The van der Waals surface area contributed by atoms with Gasteiger partial charge in [-0.1, -0.05) is 56.1 Å². The lowest BCUT2D eigenvalue weighted by atomic mass is 9.75. The van der Waals surface area contributed by atoms with Crippen LogP contribution in [-0.2, 0) is 20.4 Å². The van der Waals surface area contributed by atoms with Crippen LogP contribution in [0.4, 0.5) is 11.4 Å². The van der Waals surface area contributed by atoms with E-state index in [0.29, 0.717) is 12.8 Å². The van der Waals surface area contributed by atoms with Gasteiger partial charge >= 0.3 is 11.9 Å². The van der Waals surface area contributed by atoms with Gasteiger partial charge in [-0.2, -0.15) is 4.58 Å². The smallest absolute Gasteiger partial charge is 0.303 e. The first-order chi connectivity index (χ1) is 23.2. The lowest BCUT2D eigenvalue weighted by molar-refractivity contribution is -0.401. The second kappa shape index (κ2) is 19.7. The van der Waals surface area contributed by atoms with Gasteiger partial charge in [-0.05, 0) is 154 Å². The van der Waals surface area contributed by atoms with Crippen molar-refractivity contribution in [2.45, 2.75) is 88.9 Å². The summed E-state index contributed by atoms with van der Waals surface area (Å²) in [5.74, 6) is -1.45. The quantitative estimate of drug-likeness (QED) is 0.0769. The number of benzene rings is 2. The summed E-state index contributed by atoms with van der Waals surface area (Å²) in [6.07, 6.45) is 22.5. The van der Waals surface area contributed by atoms with Crippen molar-refractivity contribution in [3.05, 3.63) is 97.9 Å². The van der Waals surface area contributed by atoms with Crippen molar-refractivity contribution in [1.29, 1.82) is 0 Å². The highest BCUT2D eigenvalue weighted by Crippen LogP contribution is 2.52. The Morgan fingerprint density at radius 2 is 1.26 bits per heavy atom. The Labute approximate surface area is 369 Å². The number of carbonyl (C=O) groups is 2. The monoisotopic (exact) mass is 1240 g/mol. The van der Waals surface area contributed by atoms with Crippen molar-refractivity contribution in [1.82, 2.24) is 0 Å². The Kier molecular flexibility index (Phi) is 17.3. The number of anilines is 1. The molecule has 0 saturated heterocycles. The van der Waals surface area contributed by atoms with Crippen LogP contribution in [0.3, 0.4) is 0 Å². The molecule has 0 fully saturated rings. The van der Waals surface area contributed by atoms with Crippen LogP contribution in [0.1, 0.15) is 89.2 Å². The maximum Gasteiger partial charge on any atom is 0.303 e. The predicted octanol–water partition coefficient (Wildman–Crippen LogP) is 8.13. The lowest BCUT2D eigenvalue weighted by Gasteiger charge is -2.29. The molecule has 2 aliphatic heterocycles. The van der Waals surface area contributed by atoms with Gasteiger partial charge in [0.25, 0.3) is 0 Å². The third-order valence-electron chi connectivity index (χ3n) is 9.84. The number of carboxylic acids is 2. The Morgan fingerprint density at radius 1 is 0.740 bits per heavy atom. The van der Waals surface area contributed by atoms with Crippen LogP contribution < -0.4 is 28.9 Å². The molecule has 2 aliphatic rings. The highest BCUT2D eigenvalue weighted by atomic mass is 127. The molecule has 2 heterocycles. The van der Waals surface area contributed by atoms with Crippen molar-refractivity contribution in [3.63, 3.8) is 0 Å². The van der Waals surface area contributed by atoms with Crippen LogP contribution in [0.25, 0.3) is 0 Å². The SMILES string of the molecule is CN1C(=CC=CC=CC=CC2=[N+](C)c3cc(I)cc(I)c3C2(C)CCCCCC(=O)O)C(C)(CCCCCC(=O)O)c2c(I)cc(I)cc21.[I-]. The number of fused-ring (bicyclic) bond motifs is 2.